The van der Waals surface area contributed by atoms with Gasteiger partial charge in [-0.1, -0.05) is 42.0 Å². The number of carboxylic acids is 1. The first-order valence-electron chi connectivity index (χ1n) is 10.1. The molecule has 0 bridgehead atoms. The van der Waals surface area contributed by atoms with E-state index in [4.69, 9.17) is 9.47 Å². The van der Waals surface area contributed by atoms with Crippen LogP contribution in [0.4, 0.5) is 0 Å². The zero-order chi connectivity index (χ0) is 21.8. The Balaban J connectivity index is 1.72. The van der Waals surface area contributed by atoms with Gasteiger partial charge in [0.1, 0.15) is 6.61 Å². The molecule has 156 valence electrons. The van der Waals surface area contributed by atoms with E-state index in [0.717, 1.165) is 16.7 Å². The minimum Gasteiger partial charge on any atom is -0.545 e. The summed E-state index contributed by atoms with van der Waals surface area (Å²) in [5.74, 6) is -0.0326. The third kappa shape index (κ3) is 4.51. The van der Waals surface area contributed by atoms with Crippen molar-refractivity contribution < 1.29 is 19.4 Å². The van der Waals surface area contributed by atoms with Crippen LogP contribution in [-0.2, 0) is 6.61 Å². The first-order valence-corrected chi connectivity index (χ1v) is 10.1. The number of aryl methyl sites for hydroxylation is 1. The summed E-state index contributed by atoms with van der Waals surface area (Å²) in [7, 11) is 0. The fraction of sp³-hybridized carbons (Fsp3) is 0.154. The van der Waals surface area contributed by atoms with Crippen molar-refractivity contribution in [3.63, 3.8) is 0 Å². The summed E-state index contributed by atoms with van der Waals surface area (Å²) in [5, 5.41) is 12.3. The molecule has 5 heteroatoms. The second-order valence-electron chi connectivity index (χ2n) is 7.23. The number of rotatable bonds is 7. The Kier molecular flexibility index (Phi) is 5.85. The third-order valence-electron chi connectivity index (χ3n) is 4.96. The van der Waals surface area contributed by atoms with Gasteiger partial charge in [-0.05, 0) is 55.8 Å². The van der Waals surface area contributed by atoms with E-state index < -0.39 is 5.97 Å². The maximum atomic E-state index is 11.8. The Hall–Kier alpha value is -3.86. The lowest BCUT2D eigenvalue weighted by Gasteiger charge is -2.15. The van der Waals surface area contributed by atoms with Crippen LogP contribution in [-0.4, -0.2) is 17.6 Å². The SMILES string of the molecule is CCOc1cc(-c2cc(C(=O)[O-])c3cc(C)ccc3n2)ccc1OCc1ccccc1. The Morgan fingerprint density at radius 2 is 1.74 bits per heavy atom. The van der Waals surface area contributed by atoms with Crippen molar-refractivity contribution >= 4 is 16.9 Å². The van der Waals surface area contributed by atoms with Crippen LogP contribution < -0.4 is 14.6 Å². The van der Waals surface area contributed by atoms with Crippen molar-refractivity contribution in [3.05, 3.63) is 89.5 Å². The minimum absolute atomic E-state index is 0.117. The van der Waals surface area contributed by atoms with Crippen LogP contribution in [0.15, 0.2) is 72.8 Å². The van der Waals surface area contributed by atoms with E-state index in [1.54, 1.807) is 6.07 Å². The molecule has 1 heterocycles. The highest BCUT2D eigenvalue weighted by molar-refractivity contribution is 6.03. The zero-order valence-electron chi connectivity index (χ0n) is 17.4. The molecule has 3 aromatic carbocycles. The number of carbonyl (C=O) groups excluding carboxylic acids is 1. The molecule has 0 amide bonds. The summed E-state index contributed by atoms with van der Waals surface area (Å²) in [5.41, 5.74) is 4.00. The number of nitrogens with zero attached hydrogens (tertiary/aromatic N) is 1. The number of fused-ring (bicyclic) bond motifs is 1. The van der Waals surface area contributed by atoms with Gasteiger partial charge < -0.3 is 19.4 Å². The average molecular weight is 412 g/mol. The fourth-order valence-corrected chi connectivity index (χ4v) is 3.45. The number of benzene rings is 3. The summed E-state index contributed by atoms with van der Waals surface area (Å²) in [6.07, 6.45) is 0. The second kappa shape index (κ2) is 8.88. The maximum absolute atomic E-state index is 11.8. The average Bonchev–Trinajstić information content (AvgIpc) is 2.78. The van der Waals surface area contributed by atoms with Gasteiger partial charge in [-0.25, -0.2) is 4.98 Å². The molecule has 0 spiro atoms. The van der Waals surface area contributed by atoms with Gasteiger partial charge in [0.05, 0.1) is 23.8 Å². The molecule has 0 saturated heterocycles. The van der Waals surface area contributed by atoms with E-state index >= 15 is 0 Å². The number of pyridine rings is 1. The van der Waals surface area contributed by atoms with E-state index in [1.165, 1.54) is 0 Å². The summed E-state index contributed by atoms with van der Waals surface area (Å²) in [4.78, 5) is 16.4. The van der Waals surface area contributed by atoms with E-state index in [1.807, 2.05) is 80.6 Å². The van der Waals surface area contributed by atoms with Gasteiger partial charge in [-0.15, -0.1) is 0 Å². The standard InChI is InChI=1S/C26H23NO4/c1-3-30-25-14-19(10-12-24(25)31-16-18-7-5-4-6-8-18)23-15-21(26(28)29)20-13-17(2)9-11-22(20)27-23/h4-15H,3,16H2,1-2H3,(H,28,29)/p-1. The molecule has 1 aromatic heterocycles. The van der Waals surface area contributed by atoms with Gasteiger partial charge in [0, 0.05) is 16.5 Å². The topological polar surface area (TPSA) is 71.5 Å². The molecular weight excluding hydrogens is 390 g/mol. The molecule has 0 aliphatic rings. The van der Waals surface area contributed by atoms with Crippen molar-refractivity contribution in [2.75, 3.05) is 6.61 Å². The Labute approximate surface area is 180 Å². The number of carboxylic acid groups (broad SMARTS) is 1. The van der Waals surface area contributed by atoms with Crippen LogP contribution >= 0.6 is 0 Å². The third-order valence-corrected chi connectivity index (χ3v) is 4.96. The molecule has 5 nitrogen and oxygen atoms in total. The molecule has 0 unspecified atom stereocenters. The van der Waals surface area contributed by atoms with Crippen LogP contribution in [0.2, 0.25) is 0 Å². The summed E-state index contributed by atoms with van der Waals surface area (Å²) in [6, 6.07) is 22.5. The highest BCUT2D eigenvalue weighted by Gasteiger charge is 2.13. The van der Waals surface area contributed by atoms with Crippen molar-refractivity contribution in [1.82, 2.24) is 4.98 Å². The highest BCUT2D eigenvalue weighted by Crippen LogP contribution is 2.34. The molecular formula is C26H22NO4-. The molecule has 0 aliphatic carbocycles. The van der Waals surface area contributed by atoms with Crippen LogP contribution in [0.1, 0.15) is 28.4 Å². The molecule has 4 aromatic rings. The van der Waals surface area contributed by atoms with E-state index in [-0.39, 0.29) is 5.56 Å². The van der Waals surface area contributed by atoms with E-state index in [9.17, 15) is 9.90 Å². The minimum atomic E-state index is -1.23. The number of aromatic nitrogens is 1. The van der Waals surface area contributed by atoms with Gasteiger partial charge in [0.2, 0.25) is 0 Å². The highest BCUT2D eigenvalue weighted by atomic mass is 16.5. The van der Waals surface area contributed by atoms with Crippen molar-refractivity contribution in [2.24, 2.45) is 0 Å². The predicted molar refractivity (Wildman–Crippen MR) is 118 cm³/mol. The number of hydrogen-bond donors (Lipinski definition) is 0. The molecule has 0 fully saturated rings. The Bertz CT molecular complexity index is 1240. The number of ether oxygens (including phenoxy) is 2. The van der Waals surface area contributed by atoms with E-state index in [0.29, 0.717) is 41.3 Å². The zero-order valence-corrected chi connectivity index (χ0v) is 17.4. The Morgan fingerprint density at radius 1 is 0.935 bits per heavy atom. The molecule has 0 N–H and O–H groups in total. The second-order valence-corrected chi connectivity index (χ2v) is 7.23. The first kappa shape index (κ1) is 20.4. The summed E-state index contributed by atoms with van der Waals surface area (Å²) in [6.45, 7) is 4.70. The maximum Gasteiger partial charge on any atom is 0.161 e. The van der Waals surface area contributed by atoms with Gasteiger partial charge >= 0.3 is 0 Å². The largest absolute Gasteiger partial charge is 0.545 e. The van der Waals surface area contributed by atoms with Crippen LogP contribution in [0.25, 0.3) is 22.2 Å². The normalized spacial score (nSPS) is 10.8. The molecule has 0 saturated carbocycles. The predicted octanol–water partition coefficient (Wildman–Crippen LogP) is 4.55. The van der Waals surface area contributed by atoms with Crippen molar-refractivity contribution in [1.29, 1.82) is 0 Å². The molecule has 4 rings (SSSR count). The van der Waals surface area contributed by atoms with Crippen molar-refractivity contribution in [2.45, 2.75) is 20.5 Å². The number of hydrogen-bond acceptors (Lipinski definition) is 5. The summed E-state index contributed by atoms with van der Waals surface area (Å²) >= 11 is 0. The van der Waals surface area contributed by atoms with Gasteiger partial charge in [0.25, 0.3) is 0 Å². The molecule has 0 aliphatic heterocycles. The van der Waals surface area contributed by atoms with Crippen LogP contribution in [0.3, 0.4) is 0 Å². The number of carbonyl (C=O) groups is 1. The van der Waals surface area contributed by atoms with Crippen LogP contribution in [0, 0.1) is 6.92 Å². The lowest BCUT2D eigenvalue weighted by atomic mass is 10.0. The van der Waals surface area contributed by atoms with Crippen LogP contribution in [0.5, 0.6) is 11.5 Å². The number of aromatic carboxylic acids is 1. The van der Waals surface area contributed by atoms with E-state index in [2.05, 4.69) is 4.98 Å². The quantitative estimate of drug-likeness (QED) is 0.445. The molecule has 31 heavy (non-hydrogen) atoms. The molecule has 0 radical (unpaired) electrons. The van der Waals surface area contributed by atoms with Gasteiger partial charge in [0.15, 0.2) is 11.5 Å². The van der Waals surface area contributed by atoms with Gasteiger partial charge in [-0.3, -0.25) is 0 Å². The lowest BCUT2D eigenvalue weighted by Crippen LogP contribution is -2.22. The molecule has 0 atom stereocenters. The fourth-order valence-electron chi connectivity index (χ4n) is 3.45. The Morgan fingerprint density at radius 3 is 2.48 bits per heavy atom. The smallest absolute Gasteiger partial charge is 0.161 e. The van der Waals surface area contributed by atoms with Crippen molar-refractivity contribution in [3.8, 4) is 22.8 Å². The van der Waals surface area contributed by atoms with Gasteiger partial charge in [-0.2, -0.15) is 0 Å². The summed E-state index contributed by atoms with van der Waals surface area (Å²) < 4.78 is 11.7. The lowest BCUT2D eigenvalue weighted by molar-refractivity contribution is -0.254. The first-order chi connectivity index (χ1) is 15.0. The monoisotopic (exact) mass is 412 g/mol.